The van der Waals surface area contributed by atoms with Crippen LogP contribution in [0.2, 0.25) is 5.02 Å². The summed E-state index contributed by atoms with van der Waals surface area (Å²) in [5.74, 6) is 0.215. The molecule has 0 unspecified atom stereocenters. The standard InChI is InChI=1S/C12H10ClNO3S/c13-10-5-7(14)4-9(12(15)16)11(10)18-6-8-2-1-3-17-8/h1-5H,6,14H2,(H,15,16). The van der Waals surface area contributed by atoms with Crippen molar-refractivity contribution in [2.24, 2.45) is 0 Å². The van der Waals surface area contributed by atoms with E-state index in [0.29, 0.717) is 21.4 Å². The van der Waals surface area contributed by atoms with Crippen molar-refractivity contribution in [3.63, 3.8) is 0 Å². The number of halogens is 1. The topological polar surface area (TPSA) is 76.5 Å². The molecule has 0 aliphatic carbocycles. The van der Waals surface area contributed by atoms with E-state index in [1.54, 1.807) is 18.4 Å². The van der Waals surface area contributed by atoms with Gasteiger partial charge in [-0.2, -0.15) is 0 Å². The highest BCUT2D eigenvalue weighted by Gasteiger charge is 2.15. The molecule has 0 atom stereocenters. The van der Waals surface area contributed by atoms with Gasteiger partial charge < -0.3 is 15.3 Å². The minimum atomic E-state index is -1.05. The number of carboxylic acids is 1. The SMILES string of the molecule is Nc1cc(Cl)c(SCc2ccco2)c(C(=O)O)c1. The van der Waals surface area contributed by atoms with Crippen molar-refractivity contribution < 1.29 is 14.3 Å². The first-order valence-corrected chi connectivity index (χ1v) is 6.42. The Bertz CT molecular complexity index is 569. The number of thioether (sulfide) groups is 1. The third-order valence-electron chi connectivity index (χ3n) is 2.24. The average Bonchev–Trinajstić information content (AvgIpc) is 2.79. The minimum absolute atomic E-state index is 0.108. The molecule has 4 nitrogen and oxygen atoms in total. The Kier molecular flexibility index (Phi) is 3.84. The molecule has 1 aromatic carbocycles. The molecule has 0 fully saturated rings. The Hall–Kier alpha value is -1.59. The highest BCUT2D eigenvalue weighted by Crippen LogP contribution is 2.35. The molecule has 3 N–H and O–H groups in total. The van der Waals surface area contributed by atoms with Crippen molar-refractivity contribution in [1.82, 2.24) is 0 Å². The first-order chi connectivity index (χ1) is 8.58. The zero-order valence-electron chi connectivity index (χ0n) is 9.22. The van der Waals surface area contributed by atoms with E-state index in [4.69, 9.17) is 26.9 Å². The van der Waals surface area contributed by atoms with Gasteiger partial charge in [0.2, 0.25) is 0 Å². The van der Waals surface area contributed by atoms with Gasteiger partial charge >= 0.3 is 5.97 Å². The Morgan fingerprint density at radius 2 is 2.28 bits per heavy atom. The molecule has 0 amide bonds. The molecule has 1 heterocycles. The molecule has 2 rings (SSSR count). The molecule has 94 valence electrons. The first kappa shape index (κ1) is 12.9. The summed E-state index contributed by atoms with van der Waals surface area (Å²) in [5.41, 5.74) is 6.02. The number of benzene rings is 1. The average molecular weight is 284 g/mol. The van der Waals surface area contributed by atoms with E-state index in [-0.39, 0.29) is 5.56 Å². The second-order valence-corrected chi connectivity index (χ2v) is 4.95. The smallest absolute Gasteiger partial charge is 0.336 e. The maximum Gasteiger partial charge on any atom is 0.336 e. The van der Waals surface area contributed by atoms with E-state index >= 15 is 0 Å². The summed E-state index contributed by atoms with van der Waals surface area (Å²) in [6.45, 7) is 0. The van der Waals surface area contributed by atoms with E-state index in [1.165, 1.54) is 17.8 Å². The van der Waals surface area contributed by atoms with E-state index in [9.17, 15) is 4.79 Å². The zero-order chi connectivity index (χ0) is 13.1. The predicted octanol–water partition coefficient (Wildman–Crippen LogP) is 3.51. The molecule has 18 heavy (non-hydrogen) atoms. The lowest BCUT2D eigenvalue weighted by Crippen LogP contribution is -2.01. The third-order valence-corrected chi connectivity index (χ3v) is 3.80. The van der Waals surface area contributed by atoms with Gasteiger partial charge in [0, 0.05) is 10.6 Å². The second-order valence-electron chi connectivity index (χ2n) is 3.55. The van der Waals surface area contributed by atoms with Crippen molar-refractivity contribution in [1.29, 1.82) is 0 Å². The molecule has 0 saturated carbocycles. The number of aromatic carboxylic acids is 1. The van der Waals surface area contributed by atoms with Gasteiger partial charge in [0.25, 0.3) is 0 Å². The summed E-state index contributed by atoms with van der Waals surface area (Å²) < 4.78 is 5.18. The van der Waals surface area contributed by atoms with E-state index in [2.05, 4.69) is 0 Å². The van der Waals surface area contributed by atoms with Crippen LogP contribution in [-0.4, -0.2) is 11.1 Å². The number of carboxylic acid groups (broad SMARTS) is 1. The van der Waals surface area contributed by atoms with Crippen LogP contribution in [0, 0.1) is 0 Å². The summed E-state index contributed by atoms with van der Waals surface area (Å²) in [4.78, 5) is 11.6. The van der Waals surface area contributed by atoms with E-state index in [0.717, 1.165) is 5.76 Å². The summed E-state index contributed by atoms with van der Waals surface area (Å²) in [5, 5.41) is 9.46. The van der Waals surface area contributed by atoms with Gasteiger partial charge in [0.1, 0.15) is 5.76 Å². The molecule has 2 aromatic rings. The number of nitrogen functional groups attached to an aromatic ring is 1. The van der Waals surface area contributed by atoms with Crippen LogP contribution in [-0.2, 0) is 5.75 Å². The van der Waals surface area contributed by atoms with Crippen LogP contribution in [0.3, 0.4) is 0 Å². The fourth-order valence-corrected chi connectivity index (χ4v) is 2.80. The quantitative estimate of drug-likeness (QED) is 0.663. The maximum absolute atomic E-state index is 11.1. The zero-order valence-corrected chi connectivity index (χ0v) is 10.8. The van der Waals surface area contributed by atoms with Gasteiger partial charge in [-0.05, 0) is 24.3 Å². The lowest BCUT2D eigenvalue weighted by atomic mass is 10.2. The molecule has 0 aliphatic heterocycles. The Morgan fingerprint density at radius 3 is 2.89 bits per heavy atom. The molecule has 1 aromatic heterocycles. The second kappa shape index (κ2) is 5.37. The van der Waals surface area contributed by atoms with Crippen LogP contribution in [0.1, 0.15) is 16.1 Å². The fourth-order valence-electron chi connectivity index (χ4n) is 1.46. The van der Waals surface area contributed by atoms with Gasteiger partial charge in [0.05, 0.1) is 22.6 Å². The van der Waals surface area contributed by atoms with Crippen molar-refractivity contribution in [2.75, 3.05) is 5.73 Å². The number of carbonyl (C=O) groups is 1. The number of nitrogens with two attached hydrogens (primary N) is 1. The van der Waals surface area contributed by atoms with Gasteiger partial charge in [-0.1, -0.05) is 11.6 Å². The number of rotatable bonds is 4. The minimum Gasteiger partial charge on any atom is -0.478 e. The number of furan rings is 1. The Labute approximate surface area is 113 Å². The molecular formula is C12H10ClNO3S. The van der Waals surface area contributed by atoms with Crippen molar-refractivity contribution >= 4 is 35.0 Å². The molecule has 6 heteroatoms. The number of anilines is 1. The van der Waals surface area contributed by atoms with Crippen molar-refractivity contribution in [2.45, 2.75) is 10.6 Å². The van der Waals surface area contributed by atoms with Gasteiger partial charge in [0.15, 0.2) is 0 Å². The molecule has 0 bridgehead atoms. The van der Waals surface area contributed by atoms with Crippen molar-refractivity contribution in [3.8, 4) is 0 Å². The Balaban J connectivity index is 2.28. The number of hydrogen-bond acceptors (Lipinski definition) is 4. The first-order valence-electron chi connectivity index (χ1n) is 5.05. The monoisotopic (exact) mass is 283 g/mol. The van der Waals surface area contributed by atoms with Crippen molar-refractivity contribution in [3.05, 3.63) is 46.9 Å². The molecular weight excluding hydrogens is 274 g/mol. The van der Waals surface area contributed by atoms with Crippen LogP contribution < -0.4 is 5.73 Å². The molecule has 0 saturated heterocycles. The normalized spacial score (nSPS) is 10.5. The van der Waals surface area contributed by atoms with Crippen LogP contribution in [0.4, 0.5) is 5.69 Å². The highest BCUT2D eigenvalue weighted by atomic mass is 35.5. The van der Waals surface area contributed by atoms with E-state index in [1.807, 2.05) is 6.07 Å². The number of hydrogen-bond donors (Lipinski definition) is 2. The molecule has 0 aliphatic rings. The van der Waals surface area contributed by atoms with Gasteiger partial charge in [-0.25, -0.2) is 4.79 Å². The van der Waals surface area contributed by atoms with Gasteiger partial charge in [-0.15, -0.1) is 11.8 Å². The molecule has 0 spiro atoms. The summed E-state index contributed by atoms with van der Waals surface area (Å²) in [7, 11) is 0. The lowest BCUT2D eigenvalue weighted by molar-refractivity contribution is 0.0693. The van der Waals surface area contributed by atoms with Crippen LogP contribution in [0.5, 0.6) is 0 Å². The van der Waals surface area contributed by atoms with Crippen LogP contribution in [0.15, 0.2) is 39.8 Å². The molecule has 0 radical (unpaired) electrons. The van der Waals surface area contributed by atoms with Gasteiger partial charge in [-0.3, -0.25) is 0 Å². The van der Waals surface area contributed by atoms with Crippen LogP contribution >= 0.6 is 23.4 Å². The highest BCUT2D eigenvalue weighted by molar-refractivity contribution is 7.98. The summed E-state index contributed by atoms with van der Waals surface area (Å²) >= 11 is 7.33. The maximum atomic E-state index is 11.1. The summed E-state index contributed by atoms with van der Waals surface area (Å²) in [6.07, 6.45) is 1.57. The summed E-state index contributed by atoms with van der Waals surface area (Å²) in [6, 6.07) is 6.54. The third kappa shape index (κ3) is 2.80. The Morgan fingerprint density at radius 1 is 1.50 bits per heavy atom. The lowest BCUT2D eigenvalue weighted by Gasteiger charge is -2.08. The largest absolute Gasteiger partial charge is 0.478 e. The van der Waals surface area contributed by atoms with E-state index < -0.39 is 5.97 Å². The fraction of sp³-hybridized carbons (Fsp3) is 0.0833. The predicted molar refractivity (Wildman–Crippen MR) is 71.1 cm³/mol. The van der Waals surface area contributed by atoms with Crippen LogP contribution in [0.25, 0.3) is 0 Å².